The molecule has 0 bridgehead atoms. The van der Waals surface area contributed by atoms with E-state index in [0.29, 0.717) is 11.1 Å². The Balaban J connectivity index is 2.05. The van der Waals surface area contributed by atoms with Gasteiger partial charge in [-0.1, -0.05) is 0 Å². The number of hydrogen-bond acceptors (Lipinski definition) is 3. The first-order valence-electron chi connectivity index (χ1n) is 5.24. The van der Waals surface area contributed by atoms with E-state index in [1.807, 2.05) is 0 Å². The molecule has 0 radical (unpaired) electrons. The third-order valence-electron chi connectivity index (χ3n) is 3.23. The summed E-state index contributed by atoms with van der Waals surface area (Å²) in [4.78, 5) is 24.4. The van der Waals surface area contributed by atoms with E-state index >= 15 is 0 Å². The van der Waals surface area contributed by atoms with Crippen LogP contribution in [0, 0.1) is 5.92 Å². The van der Waals surface area contributed by atoms with E-state index in [1.165, 1.54) is 0 Å². The van der Waals surface area contributed by atoms with Gasteiger partial charge in [0.25, 0.3) is 11.8 Å². The Morgan fingerprint density at radius 3 is 2.13 bits per heavy atom. The fourth-order valence-corrected chi connectivity index (χ4v) is 1.80. The lowest BCUT2D eigenvalue weighted by atomic mass is 10.2. The second-order valence-corrected chi connectivity index (χ2v) is 4.38. The molecule has 1 heterocycles. The number of rotatable bonds is 3. The average Bonchev–Trinajstić information content (AvgIpc) is 3.02. The van der Waals surface area contributed by atoms with Gasteiger partial charge in [0, 0.05) is 11.1 Å². The highest BCUT2D eigenvalue weighted by molar-refractivity contribution is 6.18. The first-order valence-corrected chi connectivity index (χ1v) is 5.24. The van der Waals surface area contributed by atoms with Crippen molar-refractivity contribution in [1.82, 2.24) is 4.90 Å². The van der Waals surface area contributed by atoms with Crippen molar-refractivity contribution in [2.75, 3.05) is 6.54 Å². The van der Waals surface area contributed by atoms with Crippen molar-refractivity contribution in [1.29, 1.82) is 0 Å². The van der Waals surface area contributed by atoms with E-state index in [-0.39, 0.29) is 24.3 Å². The zero-order valence-electron chi connectivity index (χ0n) is 8.99. The van der Waals surface area contributed by atoms with Gasteiger partial charge in [-0.2, -0.15) is 0 Å². The summed E-state index contributed by atoms with van der Waals surface area (Å²) >= 11 is 0. The smallest absolute Gasteiger partial charge is 0.256 e. The van der Waals surface area contributed by atoms with Crippen LogP contribution in [0.4, 0.5) is 0 Å². The van der Waals surface area contributed by atoms with Gasteiger partial charge in [0.15, 0.2) is 0 Å². The van der Waals surface area contributed by atoms with E-state index in [0.717, 1.165) is 17.7 Å². The summed E-state index contributed by atoms with van der Waals surface area (Å²) in [6.07, 6.45) is 1.46. The van der Waals surface area contributed by atoms with Gasteiger partial charge in [-0.25, -0.2) is 0 Å². The lowest BCUT2D eigenvalue weighted by Gasteiger charge is -2.18. The average molecular weight is 209 g/mol. The molecule has 0 spiro atoms. The van der Waals surface area contributed by atoms with Crippen molar-refractivity contribution in [3.63, 3.8) is 0 Å². The number of carbonyl (C=O) groups is 2. The predicted octanol–water partition coefficient (Wildman–Crippen LogP) is 0.463. The predicted molar refractivity (Wildman–Crippen MR) is 53.8 cm³/mol. The summed E-state index contributed by atoms with van der Waals surface area (Å²) in [5, 5.41) is 9.69. The molecule has 1 fully saturated rings. The molecule has 0 aromatic heterocycles. The van der Waals surface area contributed by atoms with Crippen LogP contribution < -0.4 is 0 Å². The Labute approximate surface area is 88.6 Å². The molecule has 4 nitrogen and oxygen atoms in total. The first kappa shape index (κ1) is 10.4. The van der Waals surface area contributed by atoms with Crippen LogP contribution in [-0.4, -0.2) is 34.5 Å². The van der Waals surface area contributed by atoms with E-state index in [9.17, 15) is 14.7 Å². The van der Waals surface area contributed by atoms with Crippen LogP contribution in [0.3, 0.4) is 0 Å². The Morgan fingerprint density at radius 1 is 1.27 bits per heavy atom. The highest BCUT2D eigenvalue weighted by Gasteiger charge is 2.38. The minimum absolute atomic E-state index is 0.150. The van der Waals surface area contributed by atoms with Crippen LogP contribution in [0.15, 0.2) is 11.1 Å². The van der Waals surface area contributed by atoms with Crippen LogP contribution in [0.2, 0.25) is 0 Å². The number of carbonyl (C=O) groups excluding carboxylic acids is 2. The second-order valence-electron chi connectivity index (χ2n) is 4.38. The fraction of sp³-hybridized carbons (Fsp3) is 0.636. The summed E-state index contributed by atoms with van der Waals surface area (Å²) in [5.41, 5.74) is 1.01. The quantitative estimate of drug-likeness (QED) is 0.687. The Kier molecular flexibility index (Phi) is 2.38. The van der Waals surface area contributed by atoms with Gasteiger partial charge in [0.1, 0.15) is 0 Å². The number of aliphatic hydroxyl groups is 1. The zero-order valence-corrected chi connectivity index (χ0v) is 8.99. The first-order chi connectivity index (χ1) is 7.02. The standard InChI is InChI=1S/C11H15NO3/c1-6-7(2)11(15)12(10(6)14)5-9(13)8-3-4-8/h8-9,13H,3-5H2,1-2H3. The van der Waals surface area contributed by atoms with Gasteiger partial charge in [-0.05, 0) is 32.6 Å². The van der Waals surface area contributed by atoms with E-state index in [2.05, 4.69) is 0 Å². The monoisotopic (exact) mass is 209 g/mol. The minimum atomic E-state index is -0.545. The number of nitrogens with zero attached hydrogens (tertiary/aromatic N) is 1. The van der Waals surface area contributed by atoms with Gasteiger partial charge < -0.3 is 5.11 Å². The molecule has 4 heteroatoms. The molecular formula is C11H15NO3. The lowest BCUT2D eigenvalue weighted by Crippen LogP contribution is -2.38. The molecule has 0 aromatic carbocycles. The number of imide groups is 1. The maximum Gasteiger partial charge on any atom is 0.256 e. The molecule has 15 heavy (non-hydrogen) atoms. The Bertz CT molecular complexity index is 331. The van der Waals surface area contributed by atoms with Crippen molar-refractivity contribution >= 4 is 11.8 Å². The van der Waals surface area contributed by atoms with Crippen LogP contribution in [-0.2, 0) is 9.59 Å². The summed E-state index contributed by atoms with van der Waals surface area (Å²) in [6.45, 7) is 3.45. The molecule has 2 amide bonds. The highest BCUT2D eigenvalue weighted by Crippen LogP contribution is 2.33. The topological polar surface area (TPSA) is 57.6 Å². The maximum absolute atomic E-state index is 11.6. The van der Waals surface area contributed by atoms with Crippen LogP contribution in [0.5, 0.6) is 0 Å². The largest absolute Gasteiger partial charge is 0.391 e. The summed E-state index contributed by atoms with van der Waals surface area (Å²) in [5.74, 6) is -0.221. The molecule has 0 aromatic rings. The van der Waals surface area contributed by atoms with Crippen molar-refractivity contribution in [3.8, 4) is 0 Å². The van der Waals surface area contributed by atoms with E-state index < -0.39 is 6.10 Å². The van der Waals surface area contributed by atoms with E-state index in [1.54, 1.807) is 13.8 Å². The molecule has 1 aliphatic heterocycles. The van der Waals surface area contributed by atoms with Crippen molar-refractivity contribution in [2.45, 2.75) is 32.8 Å². The minimum Gasteiger partial charge on any atom is -0.391 e. The van der Waals surface area contributed by atoms with Gasteiger partial charge in [-0.15, -0.1) is 0 Å². The molecule has 1 aliphatic carbocycles. The van der Waals surface area contributed by atoms with Crippen molar-refractivity contribution in [2.24, 2.45) is 5.92 Å². The maximum atomic E-state index is 11.6. The van der Waals surface area contributed by atoms with Crippen LogP contribution in [0.25, 0.3) is 0 Å². The molecule has 1 unspecified atom stereocenters. The van der Waals surface area contributed by atoms with Crippen LogP contribution >= 0.6 is 0 Å². The van der Waals surface area contributed by atoms with Gasteiger partial charge in [0.2, 0.25) is 0 Å². The highest BCUT2D eigenvalue weighted by atomic mass is 16.3. The molecule has 1 N–H and O–H groups in total. The van der Waals surface area contributed by atoms with E-state index in [4.69, 9.17) is 0 Å². The molecule has 0 saturated heterocycles. The summed E-state index contributed by atoms with van der Waals surface area (Å²) in [7, 11) is 0. The van der Waals surface area contributed by atoms with Gasteiger partial charge >= 0.3 is 0 Å². The summed E-state index contributed by atoms with van der Waals surface area (Å²) < 4.78 is 0. The molecule has 1 atom stereocenters. The second kappa shape index (κ2) is 3.45. The number of aliphatic hydroxyl groups excluding tert-OH is 1. The zero-order chi connectivity index (χ0) is 11.2. The molecular weight excluding hydrogens is 194 g/mol. The Morgan fingerprint density at radius 2 is 1.73 bits per heavy atom. The summed E-state index contributed by atoms with van der Waals surface area (Å²) in [6, 6.07) is 0. The SMILES string of the molecule is CC1=C(C)C(=O)N(CC(O)C2CC2)C1=O. The third-order valence-corrected chi connectivity index (χ3v) is 3.23. The van der Waals surface area contributed by atoms with Gasteiger partial charge in [0.05, 0.1) is 12.6 Å². The third kappa shape index (κ3) is 1.69. The molecule has 1 saturated carbocycles. The number of amides is 2. The molecule has 2 aliphatic rings. The molecule has 82 valence electrons. The normalized spacial score (nSPS) is 24.1. The Hall–Kier alpha value is -1.16. The van der Waals surface area contributed by atoms with Crippen LogP contribution in [0.1, 0.15) is 26.7 Å². The van der Waals surface area contributed by atoms with Crippen molar-refractivity contribution < 1.29 is 14.7 Å². The van der Waals surface area contributed by atoms with Gasteiger partial charge in [-0.3, -0.25) is 14.5 Å². The lowest BCUT2D eigenvalue weighted by molar-refractivity contribution is -0.139. The number of β-amino-alcohol motifs (C(OH)–C–C–N with tert-alkyl or cyclic N) is 1. The number of hydrogen-bond donors (Lipinski definition) is 1. The van der Waals surface area contributed by atoms with Crippen molar-refractivity contribution in [3.05, 3.63) is 11.1 Å². The fourth-order valence-electron chi connectivity index (χ4n) is 1.80. The molecule has 2 rings (SSSR count).